The molecule has 102 valence electrons. The average Bonchev–Trinajstić information content (AvgIpc) is 3.02. The molecule has 2 aliphatic heterocycles. The van der Waals surface area contributed by atoms with Crippen molar-refractivity contribution in [2.45, 2.75) is 25.2 Å². The van der Waals surface area contributed by atoms with Crippen LogP contribution in [0.4, 0.5) is 0 Å². The normalized spacial score (nSPS) is 31.5. The van der Waals surface area contributed by atoms with E-state index in [9.17, 15) is 0 Å². The number of nitrogens with one attached hydrogen (secondary N) is 1. The van der Waals surface area contributed by atoms with Crippen molar-refractivity contribution in [2.75, 3.05) is 19.8 Å². The highest BCUT2D eigenvalue weighted by Crippen LogP contribution is 2.25. The first kappa shape index (κ1) is 12.6. The lowest BCUT2D eigenvalue weighted by molar-refractivity contribution is -0.144. The molecule has 0 aromatic heterocycles. The molecule has 1 saturated heterocycles. The van der Waals surface area contributed by atoms with E-state index in [-0.39, 0.29) is 0 Å². The summed E-state index contributed by atoms with van der Waals surface area (Å²) in [6.07, 6.45) is 13.4. The molecule has 3 aliphatic rings. The van der Waals surface area contributed by atoms with Crippen LogP contribution in [-0.4, -0.2) is 37.8 Å². The lowest BCUT2D eigenvalue weighted by Gasteiger charge is -2.20. The molecule has 0 amide bonds. The van der Waals surface area contributed by atoms with E-state index in [0.29, 0.717) is 25.2 Å². The van der Waals surface area contributed by atoms with Crippen molar-refractivity contribution in [3.63, 3.8) is 0 Å². The highest BCUT2D eigenvalue weighted by Gasteiger charge is 2.30. The highest BCUT2D eigenvalue weighted by atomic mass is 16.7. The fourth-order valence-corrected chi connectivity index (χ4v) is 2.64. The summed E-state index contributed by atoms with van der Waals surface area (Å²) < 4.78 is 11.1. The van der Waals surface area contributed by atoms with Gasteiger partial charge in [0.05, 0.1) is 19.3 Å². The lowest BCUT2D eigenvalue weighted by Crippen LogP contribution is -2.26. The van der Waals surface area contributed by atoms with E-state index < -0.39 is 5.79 Å². The smallest absolute Gasteiger partial charge is 0.167 e. The van der Waals surface area contributed by atoms with Gasteiger partial charge in [0.2, 0.25) is 0 Å². The Morgan fingerprint density at radius 3 is 3.00 bits per heavy atom. The van der Waals surface area contributed by atoms with Crippen LogP contribution in [0, 0.1) is 5.92 Å². The molecule has 2 heterocycles. The van der Waals surface area contributed by atoms with Crippen LogP contribution >= 0.6 is 0 Å². The van der Waals surface area contributed by atoms with Crippen LogP contribution in [0.2, 0.25) is 0 Å². The van der Waals surface area contributed by atoms with Gasteiger partial charge in [0.25, 0.3) is 0 Å². The van der Waals surface area contributed by atoms with E-state index >= 15 is 0 Å². The number of aliphatic imine (C=N–C) groups is 1. The van der Waals surface area contributed by atoms with Crippen LogP contribution in [0.3, 0.4) is 0 Å². The second-order valence-corrected chi connectivity index (χ2v) is 5.25. The first-order valence-corrected chi connectivity index (χ1v) is 6.86. The maximum Gasteiger partial charge on any atom is 0.167 e. The van der Waals surface area contributed by atoms with Gasteiger partial charge in [0, 0.05) is 31.3 Å². The van der Waals surface area contributed by atoms with Crippen molar-refractivity contribution >= 4 is 6.21 Å². The molecule has 1 N–H and O–H groups in total. The Hall–Kier alpha value is -1.39. The SMILES string of the molecule is CC1(CCN=CC2=CNC3C=CC=CC23)OCCO1. The summed E-state index contributed by atoms with van der Waals surface area (Å²) in [6.45, 7) is 4.09. The number of hydrogen-bond donors (Lipinski definition) is 1. The zero-order chi connectivity index (χ0) is 13.1. The second-order valence-electron chi connectivity index (χ2n) is 5.25. The monoisotopic (exact) mass is 260 g/mol. The van der Waals surface area contributed by atoms with Gasteiger partial charge in [-0.2, -0.15) is 0 Å². The second kappa shape index (κ2) is 5.31. The standard InChI is InChI=1S/C15H20N2O2/c1-15(18-8-9-19-15)6-7-16-10-12-11-17-14-5-3-2-4-13(12)14/h2-5,10-11,13-14,17H,6-9H2,1H3. The average molecular weight is 260 g/mol. The van der Waals surface area contributed by atoms with Gasteiger partial charge in [-0.05, 0) is 12.5 Å². The summed E-state index contributed by atoms with van der Waals surface area (Å²) in [6, 6.07) is 0.394. The first-order valence-electron chi connectivity index (χ1n) is 6.86. The van der Waals surface area contributed by atoms with Crippen LogP contribution < -0.4 is 5.32 Å². The van der Waals surface area contributed by atoms with E-state index in [2.05, 4.69) is 40.8 Å². The number of nitrogens with zero attached hydrogens (tertiary/aromatic N) is 1. The number of allylic oxidation sites excluding steroid dienone is 2. The molecule has 2 atom stereocenters. The summed E-state index contributed by atoms with van der Waals surface area (Å²) in [5, 5.41) is 3.36. The Labute approximate surface area is 113 Å². The Morgan fingerprint density at radius 2 is 2.16 bits per heavy atom. The van der Waals surface area contributed by atoms with Crippen molar-refractivity contribution in [1.29, 1.82) is 0 Å². The molecule has 0 aromatic rings. The van der Waals surface area contributed by atoms with E-state index in [1.165, 1.54) is 5.57 Å². The third kappa shape index (κ3) is 2.80. The van der Waals surface area contributed by atoms with Gasteiger partial charge in [0.1, 0.15) is 0 Å². The molecule has 4 nitrogen and oxygen atoms in total. The lowest BCUT2D eigenvalue weighted by atomic mass is 9.92. The maximum absolute atomic E-state index is 5.55. The molecule has 4 heteroatoms. The molecule has 2 unspecified atom stereocenters. The highest BCUT2D eigenvalue weighted by molar-refractivity contribution is 5.81. The molecule has 0 saturated carbocycles. The van der Waals surface area contributed by atoms with Crippen LogP contribution in [-0.2, 0) is 9.47 Å². The van der Waals surface area contributed by atoms with Crippen molar-refractivity contribution in [2.24, 2.45) is 10.9 Å². The Balaban J connectivity index is 1.50. The molecular weight excluding hydrogens is 240 g/mol. The van der Waals surface area contributed by atoms with Crippen LogP contribution in [0.5, 0.6) is 0 Å². The van der Waals surface area contributed by atoms with Crippen molar-refractivity contribution in [3.8, 4) is 0 Å². The minimum absolute atomic E-state index is 0.394. The van der Waals surface area contributed by atoms with Crippen LogP contribution in [0.25, 0.3) is 0 Å². The fourth-order valence-electron chi connectivity index (χ4n) is 2.64. The van der Waals surface area contributed by atoms with Gasteiger partial charge in [-0.15, -0.1) is 0 Å². The predicted molar refractivity (Wildman–Crippen MR) is 75.1 cm³/mol. The van der Waals surface area contributed by atoms with Gasteiger partial charge in [-0.25, -0.2) is 0 Å². The van der Waals surface area contributed by atoms with Gasteiger partial charge >= 0.3 is 0 Å². The molecule has 0 spiro atoms. The van der Waals surface area contributed by atoms with Crippen molar-refractivity contribution in [1.82, 2.24) is 5.32 Å². The molecule has 1 aliphatic carbocycles. The molecule has 0 radical (unpaired) electrons. The number of rotatable bonds is 4. The topological polar surface area (TPSA) is 42.9 Å². The number of fused-ring (bicyclic) bond motifs is 1. The summed E-state index contributed by atoms with van der Waals surface area (Å²) in [5.41, 5.74) is 1.24. The molecule has 1 fully saturated rings. The molecular formula is C15H20N2O2. The minimum Gasteiger partial charge on any atom is -0.383 e. The molecule has 19 heavy (non-hydrogen) atoms. The van der Waals surface area contributed by atoms with Crippen LogP contribution in [0.1, 0.15) is 13.3 Å². The quantitative estimate of drug-likeness (QED) is 0.784. The first-order chi connectivity index (χ1) is 9.27. The zero-order valence-corrected chi connectivity index (χ0v) is 11.2. The summed E-state index contributed by atoms with van der Waals surface area (Å²) in [7, 11) is 0. The van der Waals surface area contributed by atoms with Crippen molar-refractivity contribution < 1.29 is 9.47 Å². The van der Waals surface area contributed by atoms with E-state index in [1.807, 2.05) is 13.1 Å². The largest absolute Gasteiger partial charge is 0.383 e. The van der Waals surface area contributed by atoms with E-state index in [4.69, 9.17) is 9.47 Å². The minimum atomic E-state index is -0.435. The predicted octanol–water partition coefficient (Wildman–Crippen LogP) is 1.81. The number of hydrogen-bond acceptors (Lipinski definition) is 4. The maximum atomic E-state index is 5.55. The summed E-state index contributed by atoms with van der Waals surface area (Å²) in [4.78, 5) is 4.50. The van der Waals surface area contributed by atoms with Crippen LogP contribution in [0.15, 0.2) is 41.1 Å². The molecule has 0 aromatic carbocycles. The van der Waals surface area contributed by atoms with Gasteiger partial charge in [-0.3, -0.25) is 4.99 Å². The Morgan fingerprint density at radius 1 is 1.37 bits per heavy atom. The van der Waals surface area contributed by atoms with Crippen molar-refractivity contribution in [3.05, 3.63) is 36.1 Å². The Bertz CT molecular complexity index is 445. The zero-order valence-electron chi connectivity index (χ0n) is 11.2. The molecule has 0 bridgehead atoms. The summed E-state index contributed by atoms with van der Waals surface area (Å²) in [5.74, 6) is -0.0151. The van der Waals surface area contributed by atoms with E-state index in [0.717, 1.165) is 13.0 Å². The fraction of sp³-hybridized carbons (Fsp3) is 0.533. The number of ether oxygens (including phenoxy) is 2. The summed E-state index contributed by atoms with van der Waals surface area (Å²) >= 11 is 0. The van der Waals surface area contributed by atoms with E-state index in [1.54, 1.807) is 0 Å². The Kier molecular flexibility index (Phi) is 3.53. The van der Waals surface area contributed by atoms with Gasteiger partial charge < -0.3 is 14.8 Å². The third-order valence-corrected chi connectivity index (χ3v) is 3.80. The third-order valence-electron chi connectivity index (χ3n) is 3.80. The van der Waals surface area contributed by atoms with Gasteiger partial charge in [-0.1, -0.05) is 24.3 Å². The molecule has 3 rings (SSSR count). The van der Waals surface area contributed by atoms with Gasteiger partial charge in [0.15, 0.2) is 5.79 Å².